The summed E-state index contributed by atoms with van der Waals surface area (Å²) in [7, 11) is 0. The molecule has 1 aromatic carbocycles. The molecular weight excluding hydrogens is 265 g/mol. The normalized spacial score (nSPS) is 12.6. The molecule has 1 N–H and O–H groups in total. The minimum absolute atomic E-state index is 0.172. The standard InChI is InChI=1S/C15H17ClFNO/c1-3-13(18-4-2)15-8-7-14(19-15)11-9-10(17)5-6-12(11)16/h5-9,13,18H,3-4H2,1-2H3. The maximum atomic E-state index is 13.3. The smallest absolute Gasteiger partial charge is 0.135 e. The molecule has 0 aliphatic rings. The summed E-state index contributed by atoms with van der Waals surface area (Å²) >= 11 is 6.07. The van der Waals surface area contributed by atoms with Gasteiger partial charge in [-0.25, -0.2) is 4.39 Å². The summed E-state index contributed by atoms with van der Waals surface area (Å²) in [5, 5.41) is 3.82. The average Bonchev–Trinajstić information content (AvgIpc) is 2.88. The predicted molar refractivity (Wildman–Crippen MR) is 75.8 cm³/mol. The van der Waals surface area contributed by atoms with Gasteiger partial charge in [-0.2, -0.15) is 0 Å². The summed E-state index contributed by atoms with van der Waals surface area (Å²) in [5.41, 5.74) is 0.583. The van der Waals surface area contributed by atoms with Gasteiger partial charge in [0.1, 0.15) is 17.3 Å². The lowest BCUT2D eigenvalue weighted by molar-refractivity contribution is 0.417. The summed E-state index contributed by atoms with van der Waals surface area (Å²) in [5.74, 6) is 1.12. The minimum Gasteiger partial charge on any atom is -0.459 e. The van der Waals surface area contributed by atoms with Crippen LogP contribution in [0.2, 0.25) is 5.02 Å². The molecule has 0 amide bonds. The molecule has 1 unspecified atom stereocenters. The van der Waals surface area contributed by atoms with Crippen molar-refractivity contribution in [1.29, 1.82) is 0 Å². The Morgan fingerprint density at radius 1 is 1.26 bits per heavy atom. The molecule has 102 valence electrons. The van der Waals surface area contributed by atoms with Crippen LogP contribution in [-0.4, -0.2) is 6.54 Å². The molecule has 2 nitrogen and oxygen atoms in total. The van der Waals surface area contributed by atoms with Gasteiger partial charge >= 0.3 is 0 Å². The summed E-state index contributed by atoms with van der Waals surface area (Å²) in [6.45, 7) is 5.01. The number of hydrogen-bond donors (Lipinski definition) is 1. The van der Waals surface area contributed by atoms with Gasteiger partial charge in [0.2, 0.25) is 0 Å². The summed E-state index contributed by atoms with van der Waals surface area (Å²) in [4.78, 5) is 0. The van der Waals surface area contributed by atoms with Crippen molar-refractivity contribution in [3.63, 3.8) is 0 Å². The second-order valence-corrected chi connectivity index (χ2v) is 4.75. The number of hydrogen-bond acceptors (Lipinski definition) is 2. The molecule has 19 heavy (non-hydrogen) atoms. The molecule has 1 heterocycles. The van der Waals surface area contributed by atoms with Crippen molar-refractivity contribution in [2.24, 2.45) is 0 Å². The Kier molecular flexibility index (Phi) is 4.61. The molecule has 2 aromatic rings. The number of nitrogens with one attached hydrogen (secondary N) is 1. The first-order valence-corrected chi connectivity index (χ1v) is 6.82. The number of furan rings is 1. The highest BCUT2D eigenvalue weighted by Gasteiger charge is 2.15. The van der Waals surface area contributed by atoms with Crippen LogP contribution in [0.15, 0.2) is 34.7 Å². The molecular formula is C15H17ClFNO. The van der Waals surface area contributed by atoms with Crippen LogP contribution >= 0.6 is 11.6 Å². The Labute approximate surface area is 117 Å². The number of benzene rings is 1. The molecule has 0 saturated heterocycles. The van der Waals surface area contributed by atoms with Gasteiger partial charge < -0.3 is 9.73 Å². The molecule has 0 aliphatic heterocycles. The molecule has 1 atom stereocenters. The summed E-state index contributed by atoms with van der Waals surface area (Å²) in [6, 6.07) is 8.17. The molecule has 1 aromatic heterocycles. The van der Waals surface area contributed by atoms with Crippen LogP contribution in [0.5, 0.6) is 0 Å². The van der Waals surface area contributed by atoms with E-state index in [9.17, 15) is 4.39 Å². The van der Waals surface area contributed by atoms with Crippen LogP contribution < -0.4 is 5.32 Å². The lowest BCUT2D eigenvalue weighted by atomic mass is 10.1. The van der Waals surface area contributed by atoms with Gasteiger partial charge in [-0.1, -0.05) is 25.4 Å². The Bertz CT molecular complexity index is 553. The van der Waals surface area contributed by atoms with Gasteiger partial charge in [-0.05, 0) is 43.3 Å². The third-order valence-electron chi connectivity index (χ3n) is 3.02. The van der Waals surface area contributed by atoms with Crippen molar-refractivity contribution in [1.82, 2.24) is 5.32 Å². The van der Waals surface area contributed by atoms with Crippen LogP contribution in [0, 0.1) is 5.82 Å². The van der Waals surface area contributed by atoms with E-state index in [0.29, 0.717) is 16.3 Å². The van der Waals surface area contributed by atoms with E-state index >= 15 is 0 Å². The Morgan fingerprint density at radius 3 is 2.74 bits per heavy atom. The van der Waals surface area contributed by atoms with Crippen LogP contribution in [-0.2, 0) is 0 Å². The summed E-state index contributed by atoms with van der Waals surface area (Å²) < 4.78 is 19.1. The Morgan fingerprint density at radius 2 is 2.05 bits per heavy atom. The average molecular weight is 282 g/mol. The van der Waals surface area contributed by atoms with Gasteiger partial charge in [-0.15, -0.1) is 0 Å². The molecule has 0 bridgehead atoms. The SMILES string of the molecule is CCNC(CC)c1ccc(-c2cc(F)ccc2Cl)o1. The van der Waals surface area contributed by atoms with E-state index in [0.717, 1.165) is 18.7 Å². The molecule has 4 heteroatoms. The van der Waals surface area contributed by atoms with Crippen LogP contribution in [0.3, 0.4) is 0 Å². The number of halogens is 2. The van der Waals surface area contributed by atoms with E-state index in [-0.39, 0.29) is 11.9 Å². The Hall–Kier alpha value is -1.32. The Balaban J connectivity index is 2.32. The van der Waals surface area contributed by atoms with Crippen molar-refractivity contribution in [3.8, 4) is 11.3 Å². The van der Waals surface area contributed by atoms with Gasteiger partial charge in [-0.3, -0.25) is 0 Å². The first-order valence-electron chi connectivity index (χ1n) is 6.44. The van der Waals surface area contributed by atoms with Gasteiger partial charge in [0.25, 0.3) is 0 Å². The van der Waals surface area contributed by atoms with Crippen molar-refractivity contribution in [2.75, 3.05) is 6.54 Å². The highest BCUT2D eigenvalue weighted by molar-refractivity contribution is 6.33. The van der Waals surface area contributed by atoms with Gasteiger partial charge in [0, 0.05) is 5.56 Å². The van der Waals surface area contributed by atoms with E-state index in [4.69, 9.17) is 16.0 Å². The molecule has 2 rings (SSSR count). The molecule has 0 radical (unpaired) electrons. The highest BCUT2D eigenvalue weighted by atomic mass is 35.5. The maximum absolute atomic E-state index is 13.3. The first kappa shape index (κ1) is 14.1. The largest absolute Gasteiger partial charge is 0.459 e. The van der Waals surface area contributed by atoms with Crippen LogP contribution in [0.4, 0.5) is 4.39 Å². The quantitative estimate of drug-likeness (QED) is 0.851. The van der Waals surface area contributed by atoms with Crippen LogP contribution in [0.1, 0.15) is 32.1 Å². The fraction of sp³-hybridized carbons (Fsp3) is 0.333. The van der Waals surface area contributed by atoms with Crippen LogP contribution in [0.25, 0.3) is 11.3 Å². The third kappa shape index (κ3) is 3.17. The zero-order chi connectivity index (χ0) is 13.8. The lowest BCUT2D eigenvalue weighted by Crippen LogP contribution is -2.19. The monoisotopic (exact) mass is 281 g/mol. The lowest BCUT2D eigenvalue weighted by Gasteiger charge is -2.12. The third-order valence-corrected chi connectivity index (χ3v) is 3.35. The fourth-order valence-corrected chi connectivity index (χ4v) is 2.27. The number of rotatable bonds is 5. The second kappa shape index (κ2) is 6.22. The van der Waals surface area contributed by atoms with E-state index < -0.39 is 0 Å². The van der Waals surface area contributed by atoms with Crippen molar-refractivity contribution >= 4 is 11.6 Å². The van der Waals surface area contributed by atoms with Crippen molar-refractivity contribution < 1.29 is 8.81 Å². The topological polar surface area (TPSA) is 25.2 Å². The highest BCUT2D eigenvalue weighted by Crippen LogP contribution is 2.32. The first-order chi connectivity index (χ1) is 9.15. The van der Waals surface area contributed by atoms with E-state index in [1.54, 1.807) is 0 Å². The van der Waals surface area contributed by atoms with Gasteiger partial charge in [0.15, 0.2) is 0 Å². The second-order valence-electron chi connectivity index (χ2n) is 4.34. The molecule has 0 saturated carbocycles. The maximum Gasteiger partial charge on any atom is 0.135 e. The van der Waals surface area contributed by atoms with E-state index in [1.807, 2.05) is 12.1 Å². The zero-order valence-electron chi connectivity index (χ0n) is 11.0. The van der Waals surface area contributed by atoms with E-state index in [2.05, 4.69) is 19.2 Å². The zero-order valence-corrected chi connectivity index (χ0v) is 11.8. The van der Waals surface area contributed by atoms with E-state index in [1.165, 1.54) is 18.2 Å². The molecule has 0 fully saturated rings. The van der Waals surface area contributed by atoms with Crippen molar-refractivity contribution in [3.05, 3.63) is 46.9 Å². The fourth-order valence-electron chi connectivity index (χ4n) is 2.06. The summed E-state index contributed by atoms with van der Waals surface area (Å²) in [6.07, 6.45) is 0.928. The van der Waals surface area contributed by atoms with Crippen molar-refractivity contribution in [2.45, 2.75) is 26.3 Å². The minimum atomic E-state index is -0.323. The predicted octanol–water partition coefficient (Wildman–Crippen LogP) is 4.80. The molecule has 0 aliphatic carbocycles. The van der Waals surface area contributed by atoms with Gasteiger partial charge in [0.05, 0.1) is 11.1 Å². The molecule has 0 spiro atoms.